The van der Waals surface area contributed by atoms with Crippen molar-refractivity contribution in [2.45, 2.75) is 18.9 Å². The Morgan fingerprint density at radius 1 is 1.13 bits per heavy atom. The maximum absolute atomic E-state index is 15.1. The third-order valence-electron chi connectivity index (χ3n) is 5.93. The zero-order valence-electron chi connectivity index (χ0n) is 16.6. The number of benzene rings is 1. The van der Waals surface area contributed by atoms with Crippen LogP contribution in [-0.2, 0) is 0 Å². The van der Waals surface area contributed by atoms with Gasteiger partial charge >= 0.3 is 5.97 Å². The van der Waals surface area contributed by atoms with E-state index in [1.54, 1.807) is 12.3 Å². The number of hydrogen-bond acceptors (Lipinski definition) is 5. The zero-order chi connectivity index (χ0) is 21.7. The monoisotopic (exact) mass is 486 g/mol. The molecule has 2 fully saturated rings. The molecule has 160 valence electrons. The highest BCUT2D eigenvalue weighted by Crippen LogP contribution is 2.38. The molecule has 1 aliphatic carbocycles. The summed E-state index contributed by atoms with van der Waals surface area (Å²) >= 11 is 3.39. The normalized spacial score (nSPS) is 16.7. The van der Waals surface area contributed by atoms with Crippen LogP contribution in [0, 0.1) is 5.82 Å². The van der Waals surface area contributed by atoms with E-state index >= 15 is 4.39 Å². The smallest absolute Gasteiger partial charge is 0.341 e. The van der Waals surface area contributed by atoms with Crippen molar-refractivity contribution < 1.29 is 14.3 Å². The molecule has 5 rings (SSSR count). The number of fused-ring (bicyclic) bond motifs is 1. The van der Waals surface area contributed by atoms with E-state index in [4.69, 9.17) is 0 Å². The summed E-state index contributed by atoms with van der Waals surface area (Å²) in [5, 5.41) is 9.50. The second-order valence-corrected chi connectivity index (χ2v) is 8.86. The van der Waals surface area contributed by atoms with E-state index in [0.717, 1.165) is 23.1 Å². The number of halogens is 2. The molecule has 0 bridgehead atoms. The number of aromatic carboxylic acids is 1. The fourth-order valence-corrected chi connectivity index (χ4v) is 4.37. The molecule has 3 heterocycles. The van der Waals surface area contributed by atoms with Crippen LogP contribution in [0.1, 0.15) is 29.2 Å². The van der Waals surface area contributed by atoms with Gasteiger partial charge in [-0.15, -0.1) is 0 Å². The van der Waals surface area contributed by atoms with Gasteiger partial charge in [-0.05, 0) is 53.0 Å². The molecule has 1 saturated carbocycles. The van der Waals surface area contributed by atoms with Crippen LogP contribution in [0.15, 0.2) is 45.9 Å². The molecule has 2 aromatic heterocycles. The molecule has 1 aromatic carbocycles. The largest absolute Gasteiger partial charge is 0.477 e. The van der Waals surface area contributed by atoms with Crippen LogP contribution in [0.5, 0.6) is 0 Å². The number of anilines is 2. The number of rotatable bonds is 4. The minimum absolute atomic E-state index is 0.116. The molecule has 1 N–H and O–H groups in total. The molecule has 7 nitrogen and oxygen atoms in total. The second kappa shape index (κ2) is 7.64. The molecule has 0 atom stereocenters. The quantitative estimate of drug-likeness (QED) is 0.606. The summed E-state index contributed by atoms with van der Waals surface area (Å²) in [7, 11) is 0. The highest BCUT2D eigenvalue weighted by molar-refractivity contribution is 9.10. The molecule has 2 aliphatic rings. The number of pyridine rings is 2. The highest BCUT2D eigenvalue weighted by Gasteiger charge is 2.28. The summed E-state index contributed by atoms with van der Waals surface area (Å²) in [4.78, 5) is 32.7. The number of nitrogens with zero attached hydrogens (tertiary/aromatic N) is 4. The van der Waals surface area contributed by atoms with Crippen molar-refractivity contribution in [3.05, 3.63) is 62.7 Å². The lowest BCUT2D eigenvalue weighted by molar-refractivity contribution is 0.0695. The van der Waals surface area contributed by atoms with E-state index in [1.165, 1.54) is 12.3 Å². The summed E-state index contributed by atoms with van der Waals surface area (Å²) in [6.07, 6.45) is 5.00. The molecule has 0 spiro atoms. The van der Waals surface area contributed by atoms with E-state index in [9.17, 15) is 14.7 Å². The molecule has 0 radical (unpaired) electrons. The number of aromatic nitrogens is 2. The molecule has 0 unspecified atom stereocenters. The molecule has 31 heavy (non-hydrogen) atoms. The Morgan fingerprint density at radius 2 is 1.84 bits per heavy atom. The lowest BCUT2D eigenvalue weighted by Gasteiger charge is -2.37. The third-order valence-corrected chi connectivity index (χ3v) is 6.40. The van der Waals surface area contributed by atoms with Crippen LogP contribution in [0.3, 0.4) is 0 Å². The predicted molar refractivity (Wildman–Crippen MR) is 120 cm³/mol. The van der Waals surface area contributed by atoms with Gasteiger partial charge in [-0.25, -0.2) is 14.2 Å². The summed E-state index contributed by atoms with van der Waals surface area (Å²) in [5.74, 6) is -0.918. The van der Waals surface area contributed by atoms with Gasteiger partial charge in [-0.2, -0.15) is 0 Å². The van der Waals surface area contributed by atoms with Gasteiger partial charge in [-0.3, -0.25) is 4.79 Å². The first-order valence-electron chi connectivity index (χ1n) is 10.2. The Balaban J connectivity index is 1.48. The molecular formula is C22H20BrFN4O3. The zero-order valence-corrected chi connectivity index (χ0v) is 18.2. The Bertz CT molecular complexity index is 1230. The SMILES string of the molecule is O=C(O)c1cn(C2CC2)c2cc(N3CCN(c4ccc(Br)cn4)CC3)c(F)cc2c1=O. The Hall–Kier alpha value is -2.94. The fraction of sp³-hybridized carbons (Fsp3) is 0.318. The van der Waals surface area contributed by atoms with Gasteiger partial charge in [0.1, 0.15) is 17.2 Å². The molecular weight excluding hydrogens is 467 g/mol. The van der Waals surface area contributed by atoms with Gasteiger partial charge in [0.15, 0.2) is 0 Å². The van der Waals surface area contributed by atoms with Crippen molar-refractivity contribution in [3.8, 4) is 0 Å². The fourth-order valence-electron chi connectivity index (χ4n) is 4.14. The van der Waals surface area contributed by atoms with E-state index in [-0.39, 0.29) is 17.0 Å². The summed E-state index contributed by atoms with van der Waals surface area (Å²) in [6.45, 7) is 2.61. The van der Waals surface area contributed by atoms with Crippen molar-refractivity contribution in [1.82, 2.24) is 9.55 Å². The van der Waals surface area contributed by atoms with Gasteiger partial charge in [-0.1, -0.05) is 0 Å². The van der Waals surface area contributed by atoms with Gasteiger partial charge < -0.3 is 19.5 Å². The second-order valence-electron chi connectivity index (χ2n) is 7.94. The minimum Gasteiger partial charge on any atom is -0.477 e. The Kier molecular flexibility index (Phi) is 4.92. The number of carbonyl (C=O) groups is 1. The number of piperazine rings is 1. The van der Waals surface area contributed by atoms with Crippen LogP contribution in [-0.4, -0.2) is 46.8 Å². The van der Waals surface area contributed by atoms with E-state index < -0.39 is 17.2 Å². The Morgan fingerprint density at radius 3 is 2.45 bits per heavy atom. The van der Waals surface area contributed by atoms with Gasteiger partial charge in [0, 0.05) is 54.5 Å². The molecule has 3 aromatic rings. The topological polar surface area (TPSA) is 78.7 Å². The first kappa shape index (κ1) is 20.0. The van der Waals surface area contributed by atoms with E-state index in [2.05, 4.69) is 25.8 Å². The van der Waals surface area contributed by atoms with Crippen molar-refractivity contribution in [2.75, 3.05) is 36.0 Å². The number of carboxylic acids is 1. The van der Waals surface area contributed by atoms with Crippen LogP contribution in [0.25, 0.3) is 10.9 Å². The predicted octanol–water partition coefficient (Wildman–Crippen LogP) is 3.66. The van der Waals surface area contributed by atoms with Crippen molar-refractivity contribution in [1.29, 1.82) is 0 Å². The summed E-state index contributed by atoms with van der Waals surface area (Å²) < 4.78 is 17.8. The molecule has 9 heteroatoms. The maximum Gasteiger partial charge on any atom is 0.341 e. The van der Waals surface area contributed by atoms with Crippen LogP contribution < -0.4 is 15.2 Å². The third kappa shape index (κ3) is 3.67. The molecule has 1 aliphatic heterocycles. The standard InChI is InChI=1S/C22H20BrFN4O3/c23-13-1-4-20(25-11-13)27-7-5-26(6-8-27)19-10-18-15(9-17(19)24)21(29)16(22(30)31)12-28(18)14-2-3-14/h1,4,9-12,14H,2-3,5-8H2,(H,30,31). The Labute approximate surface area is 185 Å². The van der Waals surface area contributed by atoms with Crippen molar-refractivity contribution >= 4 is 44.3 Å². The lowest BCUT2D eigenvalue weighted by Crippen LogP contribution is -2.47. The van der Waals surface area contributed by atoms with E-state index in [0.29, 0.717) is 37.4 Å². The number of hydrogen-bond donors (Lipinski definition) is 1. The average molecular weight is 487 g/mol. The average Bonchev–Trinajstić information content (AvgIpc) is 3.60. The van der Waals surface area contributed by atoms with Crippen LogP contribution in [0.2, 0.25) is 0 Å². The van der Waals surface area contributed by atoms with Gasteiger partial charge in [0.05, 0.1) is 11.2 Å². The molecule has 0 amide bonds. The van der Waals surface area contributed by atoms with Crippen molar-refractivity contribution in [2.24, 2.45) is 0 Å². The van der Waals surface area contributed by atoms with Crippen molar-refractivity contribution in [3.63, 3.8) is 0 Å². The minimum atomic E-state index is -1.29. The van der Waals surface area contributed by atoms with Gasteiger partial charge in [0.2, 0.25) is 5.43 Å². The van der Waals surface area contributed by atoms with Crippen LogP contribution >= 0.6 is 15.9 Å². The van der Waals surface area contributed by atoms with Crippen LogP contribution in [0.4, 0.5) is 15.9 Å². The first-order valence-corrected chi connectivity index (χ1v) is 10.9. The maximum atomic E-state index is 15.1. The first-order chi connectivity index (χ1) is 14.9. The summed E-state index contributed by atoms with van der Waals surface area (Å²) in [6, 6.07) is 6.94. The molecule has 1 saturated heterocycles. The van der Waals surface area contributed by atoms with E-state index in [1.807, 2.05) is 21.6 Å². The highest BCUT2D eigenvalue weighted by atomic mass is 79.9. The number of carboxylic acid groups (broad SMARTS) is 1. The van der Waals surface area contributed by atoms with Gasteiger partial charge in [0.25, 0.3) is 0 Å². The summed E-state index contributed by atoms with van der Waals surface area (Å²) in [5.41, 5.74) is 0.0665. The lowest BCUT2D eigenvalue weighted by atomic mass is 10.1.